The van der Waals surface area contributed by atoms with Crippen LogP contribution in [-0.2, 0) is 22.2 Å². The first-order valence-corrected chi connectivity index (χ1v) is 14.4. The predicted octanol–water partition coefficient (Wildman–Crippen LogP) is 8.18. The Morgan fingerprint density at radius 2 is 1.59 bits per heavy atom. The fraction of sp³-hybridized carbons (Fsp3) is 0.276. The Morgan fingerprint density at radius 3 is 2.24 bits per heavy atom. The second kappa shape index (κ2) is 10.6. The lowest BCUT2D eigenvalue weighted by atomic mass is 9.83. The highest BCUT2D eigenvalue weighted by Gasteiger charge is 2.34. The van der Waals surface area contributed by atoms with Gasteiger partial charge in [0.15, 0.2) is 4.90 Å². The van der Waals surface area contributed by atoms with Crippen molar-refractivity contribution < 1.29 is 9.66 Å². The minimum Gasteiger partial charge on any atom is -0.611 e. The van der Waals surface area contributed by atoms with Gasteiger partial charge in [-0.2, -0.15) is 0 Å². The summed E-state index contributed by atoms with van der Waals surface area (Å²) in [5, 5.41) is 12.2. The predicted molar refractivity (Wildman–Crippen MR) is 155 cm³/mol. The molecule has 37 heavy (non-hydrogen) atoms. The summed E-state index contributed by atoms with van der Waals surface area (Å²) >= 11 is 18.8. The van der Waals surface area contributed by atoms with Gasteiger partial charge in [0.2, 0.25) is 0 Å². The zero-order valence-electron chi connectivity index (χ0n) is 21.3. The fourth-order valence-corrected chi connectivity index (χ4v) is 5.90. The molecule has 8 heteroatoms. The molecular formula is C29H29Cl3N2O2S. The van der Waals surface area contributed by atoms with E-state index in [9.17, 15) is 9.66 Å². The number of halogens is 3. The molecule has 0 aliphatic carbocycles. The maximum Gasteiger partial charge on any atom is 0.153 e. The summed E-state index contributed by atoms with van der Waals surface area (Å²) in [4.78, 5) is 5.64. The van der Waals surface area contributed by atoms with Crippen LogP contribution < -0.4 is 0 Å². The summed E-state index contributed by atoms with van der Waals surface area (Å²) in [5.74, 6) is 1.21. The molecule has 0 bridgehead atoms. The quantitative estimate of drug-likeness (QED) is 0.226. The summed E-state index contributed by atoms with van der Waals surface area (Å²) in [6.07, 6.45) is 1.81. The van der Waals surface area contributed by atoms with E-state index in [0.717, 1.165) is 21.6 Å². The standard InChI is InChI=1S/C29H29Cl3N2O2S/c1-6-37(36)20-10-7-9-18(15-20)19-13-14-24(23(31)16-19)34-17-25(29(4,5)35)33-27(34)28(2,3)21-11-8-12-22(30)26(21)32/h7-17,35H,6H2,1-5H3. The number of rotatable bonds is 7. The van der Waals surface area contributed by atoms with E-state index in [0.29, 0.717) is 38.0 Å². The third-order valence-corrected chi connectivity index (χ3v) is 8.84. The number of aromatic nitrogens is 2. The van der Waals surface area contributed by atoms with E-state index in [1.165, 1.54) is 0 Å². The summed E-state index contributed by atoms with van der Waals surface area (Å²) < 4.78 is 14.2. The molecule has 3 aromatic carbocycles. The minimum absolute atomic E-state index is 0.458. The van der Waals surface area contributed by atoms with Crippen LogP contribution in [0.5, 0.6) is 0 Å². The first-order valence-electron chi connectivity index (χ1n) is 11.9. The fourth-order valence-electron chi connectivity index (χ4n) is 4.27. The molecule has 1 N–H and O–H groups in total. The van der Waals surface area contributed by atoms with Crippen LogP contribution in [0.2, 0.25) is 15.1 Å². The second-order valence-corrected chi connectivity index (χ2v) is 12.9. The lowest BCUT2D eigenvalue weighted by Gasteiger charge is -2.27. The Morgan fingerprint density at radius 1 is 0.919 bits per heavy atom. The molecule has 0 aliphatic heterocycles. The molecule has 1 atom stereocenters. The average molecular weight is 576 g/mol. The van der Waals surface area contributed by atoms with Gasteiger partial charge >= 0.3 is 0 Å². The highest BCUT2D eigenvalue weighted by atomic mass is 35.5. The van der Waals surface area contributed by atoms with Gasteiger partial charge in [0, 0.05) is 17.7 Å². The lowest BCUT2D eigenvalue weighted by molar-refractivity contribution is 0.0741. The molecule has 0 fully saturated rings. The SMILES string of the molecule is CC[S+]([O-])c1cccc(-c2ccc(-n3cc(C(C)(C)O)nc3C(C)(C)c3cccc(Cl)c3Cl)c(Cl)c2)c1. The zero-order chi connectivity index (χ0) is 27.1. The molecular weight excluding hydrogens is 547 g/mol. The second-order valence-electron chi connectivity index (χ2n) is 9.93. The Bertz CT molecular complexity index is 1440. The maximum atomic E-state index is 12.3. The van der Waals surface area contributed by atoms with E-state index >= 15 is 0 Å². The smallest absolute Gasteiger partial charge is 0.153 e. The van der Waals surface area contributed by atoms with Crippen molar-refractivity contribution in [2.75, 3.05) is 5.75 Å². The zero-order valence-corrected chi connectivity index (χ0v) is 24.4. The summed E-state index contributed by atoms with van der Waals surface area (Å²) in [6.45, 7) is 9.32. The molecule has 194 valence electrons. The minimum atomic E-state index is -1.17. The van der Waals surface area contributed by atoms with Gasteiger partial charge in [0.05, 0.1) is 26.4 Å². The molecule has 4 aromatic rings. The van der Waals surface area contributed by atoms with Crippen molar-refractivity contribution in [2.24, 2.45) is 0 Å². The maximum absolute atomic E-state index is 12.3. The monoisotopic (exact) mass is 574 g/mol. The molecule has 1 unspecified atom stereocenters. The Labute approximate surface area is 236 Å². The van der Waals surface area contributed by atoms with Gasteiger partial charge in [-0.15, -0.1) is 0 Å². The number of imidazole rings is 1. The van der Waals surface area contributed by atoms with Gasteiger partial charge in [-0.1, -0.05) is 65.1 Å². The van der Waals surface area contributed by atoms with Crippen molar-refractivity contribution in [2.45, 2.75) is 50.5 Å². The van der Waals surface area contributed by atoms with Gasteiger partial charge < -0.3 is 14.2 Å². The number of hydrogen-bond donors (Lipinski definition) is 1. The first-order chi connectivity index (χ1) is 17.3. The molecule has 0 saturated carbocycles. The highest BCUT2D eigenvalue weighted by Crippen LogP contribution is 2.41. The number of hydrogen-bond acceptors (Lipinski definition) is 3. The molecule has 1 aromatic heterocycles. The molecule has 0 radical (unpaired) electrons. The van der Waals surface area contributed by atoms with E-state index in [2.05, 4.69) is 0 Å². The van der Waals surface area contributed by atoms with Crippen LogP contribution in [0.4, 0.5) is 0 Å². The van der Waals surface area contributed by atoms with Crippen LogP contribution in [0.1, 0.15) is 51.7 Å². The van der Waals surface area contributed by atoms with E-state index in [1.54, 1.807) is 26.1 Å². The van der Waals surface area contributed by atoms with Gasteiger partial charge in [-0.3, -0.25) is 0 Å². The molecule has 1 heterocycles. The van der Waals surface area contributed by atoms with Gasteiger partial charge in [0.1, 0.15) is 17.2 Å². The van der Waals surface area contributed by atoms with E-state index in [4.69, 9.17) is 39.8 Å². The van der Waals surface area contributed by atoms with Crippen LogP contribution >= 0.6 is 34.8 Å². The molecule has 4 rings (SSSR count). The molecule has 0 saturated heterocycles. The molecule has 0 aliphatic rings. The van der Waals surface area contributed by atoms with Gasteiger partial charge in [0.25, 0.3) is 0 Å². The number of nitrogens with zero attached hydrogens (tertiary/aromatic N) is 2. The Balaban J connectivity index is 1.86. The third kappa shape index (κ3) is 5.58. The van der Waals surface area contributed by atoms with Crippen LogP contribution in [0.15, 0.2) is 71.8 Å². The van der Waals surface area contributed by atoms with E-state index in [1.807, 2.05) is 79.9 Å². The average Bonchev–Trinajstić information content (AvgIpc) is 3.32. The van der Waals surface area contributed by atoms with Crippen LogP contribution in [-0.4, -0.2) is 25.0 Å². The van der Waals surface area contributed by atoms with Crippen LogP contribution in [0.3, 0.4) is 0 Å². The summed E-state index contributed by atoms with van der Waals surface area (Å²) in [6, 6.07) is 19.0. The van der Waals surface area contributed by atoms with Crippen molar-refractivity contribution in [3.63, 3.8) is 0 Å². The van der Waals surface area contributed by atoms with Crippen molar-refractivity contribution in [1.29, 1.82) is 0 Å². The Hall–Kier alpha value is -1.99. The third-order valence-electron chi connectivity index (χ3n) is 6.42. The normalized spacial score (nSPS) is 13.1. The summed E-state index contributed by atoms with van der Waals surface area (Å²) in [5.41, 5.74) is 2.02. The van der Waals surface area contributed by atoms with E-state index in [-0.39, 0.29) is 0 Å². The van der Waals surface area contributed by atoms with Gasteiger partial charge in [-0.25, -0.2) is 4.98 Å². The first kappa shape index (κ1) is 28.0. The van der Waals surface area contributed by atoms with Crippen molar-refractivity contribution >= 4 is 46.0 Å². The molecule has 4 nitrogen and oxygen atoms in total. The van der Waals surface area contributed by atoms with Crippen LogP contribution in [0, 0.1) is 0 Å². The van der Waals surface area contributed by atoms with Gasteiger partial charge in [-0.05, 0) is 86.8 Å². The highest BCUT2D eigenvalue weighted by molar-refractivity contribution is 7.91. The van der Waals surface area contributed by atoms with Crippen molar-refractivity contribution in [3.05, 3.63) is 99.0 Å². The lowest BCUT2D eigenvalue weighted by Crippen LogP contribution is -2.25. The van der Waals surface area contributed by atoms with Crippen molar-refractivity contribution in [3.8, 4) is 16.8 Å². The number of benzene rings is 3. The Kier molecular flexibility index (Phi) is 8.06. The largest absolute Gasteiger partial charge is 0.611 e. The molecule has 0 amide bonds. The van der Waals surface area contributed by atoms with E-state index < -0.39 is 22.2 Å². The van der Waals surface area contributed by atoms with Crippen molar-refractivity contribution in [1.82, 2.24) is 9.55 Å². The topological polar surface area (TPSA) is 61.1 Å². The van der Waals surface area contributed by atoms with Crippen LogP contribution in [0.25, 0.3) is 16.8 Å². The summed E-state index contributed by atoms with van der Waals surface area (Å²) in [7, 11) is 0. The number of aliphatic hydroxyl groups is 1. The molecule has 0 spiro atoms.